The number of ketones is 2. The zero-order valence-electron chi connectivity index (χ0n) is 18.3. The van der Waals surface area contributed by atoms with E-state index in [9.17, 15) is 9.59 Å². The molecule has 0 saturated heterocycles. The summed E-state index contributed by atoms with van der Waals surface area (Å²) in [6.07, 6.45) is 3.37. The van der Waals surface area contributed by atoms with Gasteiger partial charge in [0.05, 0.1) is 6.26 Å². The zero-order chi connectivity index (χ0) is 21.7. The Morgan fingerprint density at radius 2 is 2.00 bits per heavy atom. The number of nitrogens with one attached hydrogen (secondary N) is 1. The molecule has 5 heteroatoms. The first-order chi connectivity index (χ1) is 14.5. The number of Topliss-reactive ketones (excluding diaryl/α,β-unsaturated/α-hetero) is 2. The van der Waals surface area contributed by atoms with Crippen molar-refractivity contribution in [3.8, 4) is 5.75 Å². The molecular weight excluding hydrogens is 378 g/mol. The maximum Gasteiger partial charge on any atom is 0.143 e. The van der Waals surface area contributed by atoms with Gasteiger partial charge in [-0.2, -0.15) is 0 Å². The Labute approximate surface area is 177 Å². The monoisotopic (exact) mass is 409 g/mol. The third-order valence-electron chi connectivity index (χ3n) is 5.78. The lowest BCUT2D eigenvalue weighted by atomic mass is 9.83. The van der Waals surface area contributed by atoms with Crippen LogP contribution in [-0.2, 0) is 9.59 Å². The van der Waals surface area contributed by atoms with Gasteiger partial charge >= 0.3 is 0 Å². The number of ether oxygens (including phenoxy) is 1. The molecule has 0 aliphatic rings. The van der Waals surface area contributed by atoms with Gasteiger partial charge in [0.2, 0.25) is 0 Å². The number of rotatable bonds is 11. The van der Waals surface area contributed by atoms with Crippen LogP contribution in [0.15, 0.2) is 41.0 Å². The van der Waals surface area contributed by atoms with E-state index in [4.69, 9.17) is 9.15 Å². The van der Waals surface area contributed by atoms with Crippen LogP contribution in [0.3, 0.4) is 0 Å². The second-order valence-corrected chi connectivity index (χ2v) is 7.97. The van der Waals surface area contributed by atoms with Gasteiger partial charge in [-0.05, 0) is 61.9 Å². The molecule has 5 nitrogen and oxygen atoms in total. The number of likely N-dealkylation sites (N-methyl/N-ethyl adjacent to an activating group) is 1. The molecule has 2 atom stereocenters. The Balaban J connectivity index is 2.06. The van der Waals surface area contributed by atoms with E-state index in [1.54, 1.807) is 13.2 Å². The summed E-state index contributed by atoms with van der Waals surface area (Å²) in [5, 5.41) is 6.09. The molecule has 0 radical (unpaired) electrons. The van der Waals surface area contributed by atoms with Crippen LogP contribution in [0.2, 0.25) is 0 Å². The number of carbonyl (C=O) groups excluding carboxylic acids is 2. The zero-order valence-corrected chi connectivity index (χ0v) is 18.3. The van der Waals surface area contributed by atoms with Gasteiger partial charge in [0.1, 0.15) is 29.5 Å². The van der Waals surface area contributed by atoms with Gasteiger partial charge in [-0.3, -0.25) is 4.79 Å². The molecule has 1 aromatic heterocycles. The Hall–Kier alpha value is -2.66. The average molecular weight is 410 g/mol. The van der Waals surface area contributed by atoms with Crippen molar-refractivity contribution in [2.45, 2.75) is 46.0 Å². The minimum Gasteiger partial charge on any atom is -0.492 e. The van der Waals surface area contributed by atoms with E-state index in [1.807, 2.05) is 51.2 Å². The highest BCUT2D eigenvalue weighted by Gasteiger charge is 2.28. The van der Waals surface area contributed by atoms with Crippen molar-refractivity contribution in [2.75, 3.05) is 20.2 Å². The maximum absolute atomic E-state index is 13.2. The average Bonchev–Trinajstić information content (AvgIpc) is 3.17. The van der Waals surface area contributed by atoms with E-state index in [0.717, 1.165) is 46.0 Å². The van der Waals surface area contributed by atoms with Crippen LogP contribution in [0.4, 0.5) is 0 Å². The SMILES string of the molecule is CCC(C)C(=O)C(CCC(C)=O)c1coc2ccc3cc(OCCNC)ccc3c12. The molecule has 30 heavy (non-hydrogen) atoms. The molecule has 2 unspecified atom stereocenters. The lowest BCUT2D eigenvalue weighted by Gasteiger charge is -2.18. The summed E-state index contributed by atoms with van der Waals surface area (Å²) in [5.74, 6) is 0.672. The second kappa shape index (κ2) is 9.90. The number of furan rings is 1. The maximum atomic E-state index is 13.2. The van der Waals surface area contributed by atoms with E-state index in [0.29, 0.717) is 19.4 Å². The Morgan fingerprint density at radius 1 is 1.20 bits per heavy atom. The predicted molar refractivity (Wildman–Crippen MR) is 120 cm³/mol. The molecule has 2 aromatic carbocycles. The van der Waals surface area contributed by atoms with Crippen molar-refractivity contribution in [3.05, 3.63) is 42.2 Å². The van der Waals surface area contributed by atoms with Crippen molar-refractivity contribution in [1.82, 2.24) is 5.32 Å². The van der Waals surface area contributed by atoms with Crippen molar-refractivity contribution in [1.29, 1.82) is 0 Å². The van der Waals surface area contributed by atoms with Gasteiger partial charge in [-0.1, -0.05) is 19.9 Å². The van der Waals surface area contributed by atoms with E-state index in [-0.39, 0.29) is 23.4 Å². The van der Waals surface area contributed by atoms with Crippen molar-refractivity contribution >= 4 is 33.3 Å². The molecular formula is C25H31NO4. The minimum absolute atomic E-state index is 0.0611. The van der Waals surface area contributed by atoms with Crippen LogP contribution in [-0.4, -0.2) is 31.8 Å². The molecule has 160 valence electrons. The highest BCUT2D eigenvalue weighted by atomic mass is 16.5. The summed E-state index contributed by atoms with van der Waals surface area (Å²) in [7, 11) is 1.89. The number of benzene rings is 2. The second-order valence-electron chi connectivity index (χ2n) is 7.97. The summed E-state index contributed by atoms with van der Waals surface area (Å²) < 4.78 is 11.6. The van der Waals surface area contributed by atoms with E-state index < -0.39 is 0 Å². The third-order valence-corrected chi connectivity index (χ3v) is 5.78. The van der Waals surface area contributed by atoms with Crippen LogP contribution in [0, 0.1) is 5.92 Å². The quantitative estimate of drug-likeness (QED) is 0.438. The van der Waals surface area contributed by atoms with Crippen LogP contribution < -0.4 is 10.1 Å². The summed E-state index contributed by atoms with van der Waals surface area (Å²) >= 11 is 0. The first kappa shape index (κ1) is 22.0. The van der Waals surface area contributed by atoms with E-state index >= 15 is 0 Å². The molecule has 0 fully saturated rings. The molecule has 0 aliphatic carbocycles. The molecule has 0 amide bonds. The fourth-order valence-electron chi connectivity index (χ4n) is 3.83. The highest BCUT2D eigenvalue weighted by molar-refractivity contribution is 6.09. The number of hydrogen-bond acceptors (Lipinski definition) is 5. The normalized spacial score (nSPS) is 13.5. The first-order valence-electron chi connectivity index (χ1n) is 10.7. The van der Waals surface area contributed by atoms with Crippen molar-refractivity contribution in [3.63, 3.8) is 0 Å². The first-order valence-corrected chi connectivity index (χ1v) is 10.7. The molecule has 3 aromatic rings. The number of hydrogen-bond donors (Lipinski definition) is 1. The van der Waals surface area contributed by atoms with Gasteiger partial charge in [0.15, 0.2) is 0 Å². The number of fused-ring (bicyclic) bond motifs is 3. The topological polar surface area (TPSA) is 68.5 Å². The molecule has 1 N–H and O–H groups in total. The third kappa shape index (κ3) is 4.73. The Kier molecular flexibility index (Phi) is 7.27. The molecule has 3 rings (SSSR count). The lowest BCUT2D eigenvalue weighted by molar-refractivity contribution is -0.124. The number of carbonyl (C=O) groups is 2. The molecule has 0 spiro atoms. The summed E-state index contributed by atoms with van der Waals surface area (Å²) in [6, 6.07) is 9.95. The van der Waals surface area contributed by atoms with Gasteiger partial charge in [-0.15, -0.1) is 0 Å². The van der Waals surface area contributed by atoms with Crippen molar-refractivity contribution in [2.24, 2.45) is 5.92 Å². The Bertz CT molecular complexity index is 1040. The summed E-state index contributed by atoms with van der Waals surface area (Å²) in [6.45, 7) is 6.92. The van der Waals surface area contributed by atoms with Gasteiger partial charge in [0, 0.05) is 35.8 Å². The molecule has 0 bridgehead atoms. The van der Waals surface area contributed by atoms with Crippen molar-refractivity contribution < 1.29 is 18.7 Å². The van der Waals surface area contributed by atoms with Crippen LogP contribution >= 0.6 is 0 Å². The Morgan fingerprint density at radius 3 is 2.70 bits per heavy atom. The van der Waals surface area contributed by atoms with Crippen LogP contribution in [0.25, 0.3) is 21.7 Å². The van der Waals surface area contributed by atoms with Gasteiger partial charge in [-0.25, -0.2) is 0 Å². The highest BCUT2D eigenvalue weighted by Crippen LogP contribution is 2.38. The van der Waals surface area contributed by atoms with Crippen LogP contribution in [0.5, 0.6) is 5.75 Å². The van der Waals surface area contributed by atoms with E-state index in [2.05, 4.69) is 5.32 Å². The fourth-order valence-corrected chi connectivity index (χ4v) is 3.83. The molecule has 1 heterocycles. The van der Waals surface area contributed by atoms with E-state index in [1.165, 1.54) is 0 Å². The fraction of sp³-hybridized carbons (Fsp3) is 0.440. The van der Waals surface area contributed by atoms with Gasteiger partial charge in [0.25, 0.3) is 0 Å². The van der Waals surface area contributed by atoms with Gasteiger partial charge < -0.3 is 19.3 Å². The molecule has 0 aliphatic heterocycles. The lowest BCUT2D eigenvalue weighted by Crippen LogP contribution is -2.20. The predicted octanol–water partition coefficient (Wildman–Crippen LogP) is 5.25. The molecule has 0 saturated carbocycles. The van der Waals surface area contributed by atoms with Crippen LogP contribution in [0.1, 0.15) is 51.5 Å². The summed E-state index contributed by atoms with van der Waals surface area (Å²) in [4.78, 5) is 24.8. The largest absolute Gasteiger partial charge is 0.492 e. The standard InChI is InChI=1S/C25H31NO4/c1-5-16(2)25(28)21(9-6-17(3)27)22-15-30-23-11-7-18-14-19(29-13-12-26-4)8-10-20(18)24(22)23/h7-8,10-11,14-16,21,26H,5-6,9,12-13H2,1-4H3. The summed E-state index contributed by atoms with van der Waals surface area (Å²) in [5.41, 5.74) is 1.64. The smallest absolute Gasteiger partial charge is 0.143 e. The minimum atomic E-state index is -0.345.